The van der Waals surface area contributed by atoms with Gasteiger partial charge in [-0.05, 0) is 78.6 Å². The number of rotatable bonds is 6. The fourth-order valence-corrected chi connectivity index (χ4v) is 5.85. The average molecular weight is 485 g/mol. The van der Waals surface area contributed by atoms with Crippen LogP contribution in [0.2, 0.25) is 0 Å². The number of carbonyl (C=O) groups is 1. The average Bonchev–Trinajstić information content (AvgIpc) is 2.90. The standard InChI is InChI=1S/C31H36N2O3/c1-6-20-19-33-16-14-22(20)17-28(33)29(25-13-15-32-27-12-11-24(35-5)18-26(25)27)36-30(34)21-7-9-23(10-8-21)31(2,3)4/h6-13,15,18,20,22,28-29H,1,14,16-17,19H2,2-5H3/t20-,22-,28+,29?/m0/s1. The van der Waals surface area contributed by atoms with E-state index in [4.69, 9.17) is 9.47 Å². The molecule has 2 unspecified atom stereocenters. The van der Waals surface area contributed by atoms with Crippen LogP contribution in [0.15, 0.2) is 67.4 Å². The first-order chi connectivity index (χ1) is 17.3. The summed E-state index contributed by atoms with van der Waals surface area (Å²) in [6.45, 7) is 12.5. The fraction of sp³-hybridized carbons (Fsp3) is 0.419. The third-order valence-corrected chi connectivity index (χ3v) is 8.01. The summed E-state index contributed by atoms with van der Waals surface area (Å²) in [4.78, 5) is 20.6. The van der Waals surface area contributed by atoms with Crippen molar-refractivity contribution in [3.63, 3.8) is 0 Å². The van der Waals surface area contributed by atoms with E-state index in [9.17, 15) is 4.79 Å². The highest BCUT2D eigenvalue weighted by Crippen LogP contribution is 2.44. The van der Waals surface area contributed by atoms with Gasteiger partial charge in [-0.1, -0.05) is 39.0 Å². The van der Waals surface area contributed by atoms with Crippen LogP contribution in [0, 0.1) is 11.8 Å². The summed E-state index contributed by atoms with van der Waals surface area (Å²) in [6.07, 6.45) is 5.63. The molecular weight excluding hydrogens is 448 g/mol. The van der Waals surface area contributed by atoms with Crippen LogP contribution in [0.1, 0.15) is 61.2 Å². The highest BCUT2D eigenvalue weighted by Gasteiger charge is 2.44. The zero-order chi connectivity index (χ0) is 25.4. The Hall–Kier alpha value is -3.18. The number of esters is 1. The maximum Gasteiger partial charge on any atom is 0.338 e. The van der Waals surface area contributed by atoms with E-state index in [1.54, 1.807) is 7.11 Å². The molecule has 3 saturated heterocycles. The zero-order valence-electron chi connectivity index (χ0n) is 21.7. The largest absolute Gasteiger partial charge is 0.497 e. The van der Waals surface area contributed by atoms with Gasteiger partial charge in [-0.15, -0.1) is 6.58 Å². The van der Waals surface area contributed by atoms with Crippen LogP contribution in [0.3, 0.4) is 0 Å². The van der Waals surface area contributed by atoms with Crippen molar-refractivity contribution in [2.45, 2.75) is 51.2 Å². The van der Waals surface area contributed by atoms with Crippen molar-refractivity contribution in [2.24, 2.45) is 11.8 Å². The highest BCUT2D eigenvalue weighted by molar-refractivity contribution is 5.90. The number of piperidine rings is 3. The van der Waals surface area contributed by atoms with Gasteiger partial charge >= 0.3 is 5.97 Å². The van der Waals surface area contributed by atoms with E-state index in [2.05, 4.69) is 43.3 Å². The third kappa shape index (κ3) is 4.64. The lowest BCUT2D eigenvalue weighted by molar-refractivity contribution is -0.0568. The molecule has 5 nitrogen and oxygen atoms in total. The Morgan fingerprint density at radius 2 is 1.94 bits per heavy atom. The summed E-state index contributed by atoms with van der Waals surface area (Å²) < 4.78 is 11.9. The lowest BCUT2D eigenvalue weighted by Crippen LogP contribution is -2.55. The van der Waals surface area contributed by atoms with E-state index in [1.165, 1.54) is 5.56 Å². The number of ether oxygens (including phenoxy) is 2. The molecule has 3 aliphatic heterocycles. The van der Waals surface area contributed by atoms with Gasteiger partial charge in [-0.2, -0.15) is 0 Å². The Kier molecular flexibility index (Phi) is 6.60. The van der Waals surface area contributed by atoms with Gasteiger partial charge in [-0.3, -0.25) is 9.88 Å². The molecule has 0 radical (unpaired) electrons. The maximum atomic E-state index is 13.5. The first-order valence-corrected chi connectivity index (χ1v) is 12.9. The molecule has 2 aromatic carbocycles. The van der Waals surface area contributed by atoms with Crippen molar-refractivity contribution in [3.05, 3.63) is 84.1 Å². The Morgan fingerprint density at radius 3 is 2.58 bits per heavy atom. The number of aromatic nitrogens is 1. The summed E-state index contributed by atoms with van der Waals surface area (Å²) in [6, 6.07) is 15.8. The quantitative estimate of drug-likeness (QED) is 0.302. The van der Waals surface area contributed by atoms with Crippen LogP contribution >= 0.6 is 0 Å². The number of benzene rings is 2. The molecule has 5 atom stereocenters. The van der Waals surface area contributed by atoms with Crippen molar-refractivity contribution in [1.29, 1.82) is 0 Å². The Labute approximate surface area is 214 Å². The number of fused-ring (bicyclic) bond motifs is 4. The molecule has 6 rings (SSSR count). The van der Waals surface area contributed by atoms with Gasteiger partial charge in [0.15, 0.2) is 0 Å². The van der Waals surface area contributed by atoms with E-state index in [-0.39, 0.29) is 17.4 Å². The molecule has 2 bridgehead atoms. The second kappa shape index (κ2) is 9.70. The third-order valence-electron chi connectivity index (χ3n) is 8.01. The number of hydrogen-bond acceptors (Lipinski definition) is 5. The summed E-state index contributed by atoms with van der Waals surface area (Å²) in [5.41, 5.74) is 3.63. The van der Waals surface area contributed by atoms with Crippen molar-refractivity contribution in [2.75, 3.05) is 20.2 Å². The van der Waals surface area contributed by atoms with Crippen LogP contribution < -0.4 is 4.74 Å². The van der Waals surface area contributed by atoms with Crippen LogP contribution in [-0.4, -0.2) is 42.1 Å². The molecule has 1 aromatic heterocycles. The van der Waals surface area contributed by atoms with Crippen LogP contribution in [0.25, 0.3) is 10.9 Å². The van der Waals surface area contributed by atoms with Crippen LogP contribution in [0.5, 0.6) is 5.75 Å². The minimum atomic E-state index is -0.411. The van der Waals surface area contributed by atoms with Gasteiger partial charge in [0.25, 0.3) is 0 Å². The second-order valence-corrected chi connectivity index (χ2v) is 11.2. The molecule has 188 valence electrons. The molecular formula is C31H36N2O3. The number of methoxy groups -OCH3 is 1. The van der Waals surface area contributed by atoms with E-state index in [0.29, 0.717) is 17.4 Å². The number of pyridine rings is 1. The molecule has 0 amide bonds. The molecule has 3 fully saturated rings. The van der Waals surface area contributed by atoms with Crippen molar-refractivity contribution < 1.29 is 14.3 Å². The van der Waals surface area contributed by atoms with Gasteiger partial charge in [0.1, 0.15) is 11.9 Å². The van der Waals surface area contributed by atoms with Crippen LogP contribution in [-0.2, 0) is 10.2 Å². The Balaban J connectivity index is 1.53. The fourth-order valence-electron chi connectivity index (χ4n) is 5.85. The van der Waals surface area contributed by atoms with Gasteiger partial charge in [-0.25, -0.2) is 4.79 Å². The van der Waals surface area contributed by atoms with Crippen LogP contribution in [0.4, 0.5) is 0 Å². The lowest BCUT2D eigenvalue weighted by atomic mass is 9.73. The lowest BCUT2D eigenvalue weighted by Gasteiger charge is -2.51. The van der Waals surface area contributed by atoms with E-state index in [1.807, 2.05) is 54.7 Å². The van der Waals surface area contributed by atoms with Gasteiger partial charge in [0.2, 0.25) is 0 Å². The van der Waals surface area contributed by atoms with E-state index < -0.39 is 6.10 Å². The molecule has 0 spiro atoms. The normalized spacial score (nSPS) is 24.3. The minimum Gasteiger partial charge on any atom is -0.497 e. The van der Waals surface area contributed by atoms with Gasteiger partial charge in [0.05, 0.1) is 24.2 Å². The molecule has 0 aliphatic carbocycles. The molecule has 3 aromatic rings. The number of hydrogen-bond donors (Lipinski definition) is 0. The Bertz CT molecular complexity index is 1260. The summed E-state index contributed by atoms with van der Waals surface area (Å²) in [5, 5.41) is 0.959. The molecule has 0 N–H and O–H groups in total. The summed E-state index contributed by atoms with van der Waals surface area (Å²) in [5.74, 6) is 1.52. The number of nitrogens with zero attached hydrogens (tertiary/aromatic N) is 2. The predicted octanol–water partition coefficient (Wildman–Crippen LogP) is 6.34. The first kappa shape index (κ1) is 24.5. The zero-order valence-corrected chi connectivity index (χ0v) is 21.7. The number of carbonyl (C=O) groups excluding carboxylic acids is 1. The maximum absolute atomic E-state index is 13.5. The first-order valence-electron chi connectivity index (χ1n) is 12.9. The van der Waals surface area contributed by atoms with E-state index in [0.717, 1.165) is 48.1 Å². The second-order valence-electron chi connectivity index (χ2n) is 11.2. The predicted molar refractivity (Wildman–Crippen MR) is 143 cm³/mol. The molecule has 36 heavy (non-hydrogen) atoms. The van der Waals surface area contributed by atoms with Crippen molar-refractivity contribution >= 4 is 16.9 Å². The smallest absolute Gasteiger partial charge is 0.338 e. The summed E-state index contributed by atoms with van der Waals surface area (Å²) in [7, 11) is 1.66. The monoisotopic (exact) mass is 484 g/mol. The SMILES string of the molecule is C=C[C@H]1CN2CC[C@H]1C[C@@H]2C(OC(=O)c1ccc(C(C)(C)C)cc1)c1ccnc2ccc(OC)cc12. The minimum absolute atomic E-state index is 0.0241. The van der Waals surface area contributed by atoms with E-state index >= 15 is 0 Å². The molecule has 3 aliphatic rings. The van der Waals surface area contributed by atoms with Crippen molar-refractivity contribution in [1.82, 2.24) is 9.88 Å². The van der Waals surface area contributed by atoms with Gasteiger partial charge in [0, 0.05) is 23.7 Å². The van der Waals surface area contributed by atoms with Crippen molar-refractivity contribution in [3.8, 4) is 5.75 Å². The Morgan fingerprint density at radius 1 is 1.17 bits per heavy atom. The molecule has 4 heterocycles. The highest BCUT2D eigenvalue weighted by atomic mass is 16.5. The topological polar surface area (TPSA) is 51.7 Å². The van der Waals surface area contributed by atoms with Gasteiger partial charge < -0.3 is 9.47 Å². The molecule has 5 heteroatoms. The molecule has 0 saturated carbocycles. The summed E-state index contributed by atoms with van der Waals surface area (Å²) >= 11 is 0.